The maximum absolute atomic E-state index is 12.7. The Morgan fingerprint density at radius 3 is 2.46 bits per heavy atom. The van der Waals surface area contributed by atoms with Gasteiger partial charge in [-0.2, -0.15) is 0 Å². The van der Waals surface area contributed by atoms with Crippen molar-refractivity contribution in [3.63, 3.8) is 0 Å². The first-order valence-corrected chi connectivity index (χ1v) is 9.91. The van der Waals surface area contributed by atoms with Gasteiger partial charge in [0, 0.05) is 44.2 Å². The van der Waals surface area contributed by atoms with Crippen LogP contribution in [0, 0.1) is 11.8 Å². The van der Waals surface area contributed by atoms with Gasteiger partial charge in [-0.05, 0) is 57.3 Å². The number of methoxy groups -OCH3 is 1. The molecule has 0 radical (unpaired) electrons. The summed E-state index contributed by atoms with van der Waals surface area (Å²) in [7, 11) is 1.83. The zero-order valence-corrected chi connectivity index (χ0v) is 15.1. The number of allylic oxidation sites excluding steroid dienone is 2. The molecule has 1 unspecified atom stereocenters. The highest BCUT2D eigenvalue weighted by molar-refractivity contribution is 5.79. The lowest BCUT2D eigenvalue weighted by molar-refractivity contribution is -0.138. The van der Waals surface area contributed by atoms with E-state index in [1.165, 1.54) is 32.2 Å². The van der Waals surface area contributed by atoms with E-state index >= 15 is 0 Å². The Kier molecular flexibility index (Phi) is 4.70. The highest BCUT2D eigenvalue weighted by atomic mass is 16.5. The molecular formula is C20H32N2O2. The Balaban J connectivity index is 1.39. The molecule has 1 amide bonds. The molecule has 0 aromatic heterocycles. The van der Waals surface area contributed by atoms with Crippen LogP contribution in [0.1, 0.15) is 51.4 Å². The van der Waals surface area contributed by atoms with Crippen molar-refractivity contribution in [3.8, 4) is 0 Å². The topological polar surface area (TPSA) is 32.8 Å². The number of nitrogens with zero attached hydrogens (tertiary/aromatic N) is 2. The van der Waals surface area contributed by atoms with Crippen molar-refractivity contribution in [2.75, 3.05) is 33.4 Å². The molecule has 2 aliphatic carbocycles. The second kappa shape index (κ2) is 6.80. The van der Waals surface area contributed by atoms with Gasteiger partial charge in [0.05, 0.1) is 6.61 Å². The molecule has 4 heteroatoms. The summed E-state index contributed by atoms with van der Waals surface area (Å²) < 4.78 is 5.51. The van der Waals surface area contributed by atoms with Gasteiger partial charge in [-0.3, -0.25) is 9.69 Å². The standard InChI is InChI=1S/C20H32N2O2/c1-24-15-18-8-9-20(22(18)14-16-6-7-16)10-12-21(13-11-20)19(23)17-4-2-3-5-17/h2-3,16-18H,4-15H2,1H3. The van der Waals surface area contributed by atoms with Crippen LogP contribution >= 0.6 is 0 Å². The van der Waals surface area contributed by atoms with Gasteiger partial charge in [0.2, 0.25) is 5.91 Å². The maximum Gasteiger partial charge on any atom is 0.226 e. The Morgan fingerprint density at radius 1 is 1.12 bits per heavy atom. The summed E-state index contributed by atoms with van der Waals surface area (Å²) in [6.45, 7) is 4.03. The van der Waals surface area contributed by atoms with Gasteiger partial charge in [0.25, 0.3) is 0 Å². The van der Waals surface area contributed by atoms with E-state index in [1.54, 1.807) is 0 Å². The van der Waals surface area contributed by atoms with E-state index in [0.717, 1.165) is 51.3 Å². The molecule has 3 fully saturated rings. The van der Waals surface area contributed by atoms with E-state index < -0.39 is 0 Å². The predicted octanol–water partition coefficient (Wildman–Crippen LogP) is 2.83. The van der Waals surface area contributed by atoms with Crippen LogP contribution in [-0.4, -0.2) is 60.6 Å². The van der Waals surface area contributed by atoms with Crippen LogP contribution in [0.5, 0.6) is 0 Å². The predicted molar refractivity (Wildman–Crippen MR) is 94.7 cm³/mol. The highest BCUT2D eigenvalue weighted by Gasteiger charge is 2.49. The van der Waals surface area contributed by atoms with Gasteiger partial charge >= 0.3 is 0 Å². The summed E-state index contributed by atoms with van der Waals surface area (Å²) in [6.07, 6.45) is 13.9. The lowest BCUT2D eigenvalue weighted by atomic mass is 9.84. The largest absolute Gasteiger partial charge is 0.383 e. The van der Waals surface area contributed by atoms with Crippen LogP contribution in [0.15, 0.2) is 12.2 Å². The number of carbonyl (C=O) groups is 1. The van der Waals surface area contributed by atoms with Crippen LogP contribution in [0.4, 0.5) is 0 Å². The van der Waals surface area contributed by atoms with Crippen LogP contribution in [0.2, 0.25) is 0 Å². The monoisotopic (exact) mass is 332 g/mol. The number of amides is 1. The van der Waals surface area contributed by atoms with Crippen molar-refractivity contribution in [2.24, 2.45) is 11.8 Å². The molecule has 4 nitrogen and oxygen atoms in total. The van der Waals surface area contributed by atoms with Crippen LogP contribution in [-0.2, 0) is 9.53 Å². The number of hydrogen-bond donors (Lipinski definition) is 0. The van der Waals surface area contributed by atoms with Crippen molar-refractivity contribution >= 4 is 5.91 Å². The van der Waals surface area contributed by atoms with Gasteiger partial charge in [0.1, 0.15) is 0 Å². The number of likely N-dealkylation sites (tertiary alicyclic amines) is 2. The summed E-state index contributed by atoms with van der Waals surface area (Å²) >= 11 is 0. The first-order chi connectivity index (χ1) is 11.7. The van der Waals surface area contributed by atoms with Crippen molar-refractivity contribution in [3.05, 3.63) is 12.2 Å². The van der Waals surface area contributed by atoms with E-state index in [-0.39, 0.29) is 5.92 Å². The lowest BCUT2D eigenvalue weighted by Crippen LogP contribution is -2.56. The summed E-state index contributed by atoms with van der Waals surface area (Å²) in [5, 5.41) is 0. The van der Waals surface area contributed by atoms with Gasteiger partial charge in [-0.25, -0.2) is 0 Å². The molecule has 0 bridgehead atoms. The second-order valence-corrected chi connectivity index (χ2v) is 8.43. The van der Waals surface area contributed by atoms with Crippen molar-refractivity contribution in [1.82, 2.24) is 9.80 Å². The quantitative estimate of drug-likeness (QED) is 0.726. The third-order valence-electron chi connectivity index (χ3n) is 6.87. The fourth-order valence-corrected chi connectivity index (χ4v) is 5.17. The molecule has 2 aliphatic heterocycles. The normalized spacial score (nSPS) is 30.5. The molecule has 1 atom stereocenters. The fourth-order valence-electron chi connectivity index (χ4n) is 5.17. The van der Waals surface area contributed by atoms with Crippen molar-refractivity contribution < 1.29 is 9.53 Å². The van der Waals surface area contributed by atoms with Gasteiger partial charge in [-0.15, -0.1) is 0 Å². The van der Waals surface area contributed by atoms with E-state index in [1.807, 2.05) is 7.11 Å². The van der Waals surface area contributed by atoms with Crippen LogP contribution < -0.4 is 0 Å². The second-order valence-electron chi connectivity index (χ2n) is 8.43. The third-order valence-corrected chi connectivity index (χ3v) is 6.87. The van der Waals surface area contributed by atoms with E-state index in [4.69, 9.17) is 4.74 Å². The maximum atomic E-state index is 12.7. The highest BCUT2D eigenvalue weighted by Crippen LogP contribution is 2.45. The molecule has 0 N–H and O–H groups in total. The SMILES string of the molecule is COCC1CCC2(CCN(C(=O)C3CC=CC3)CC2)N1CC1CC1. The van der Waals surface area contributed by atoms with E-state index in [9.17, 15) is 4.79 Å². The first kappa shape index (κ1) is 16.6. The minimum absolute atomic E-state index is 0.228. The number of carbonyl (C=O) groups excluding carboxylic acids is 1. The number of hydrogen-bond acceptors (Lipinski definition) is 3. The molecule has 4 rings (SSSR count). The number of rotatable bonds is 5. The molecule has 0 aromatic carbocycles. The molecule has 2 saturated heterocycles. The summed E-state index contributed by atoms with van der Waals surface area (Å²) in [5.74, 6) is 1.55. The van der Waals surface area contributed by atoms with Gasteiger partial charge in [0.15, 0.2) is 0 Å². The minimum atomic E-state index is 0.228. The Bertz CT molecular complexity index is 484. The molecule has 134 valence electrons. The Hall–Kier alpha value is -0.870. The fraction of sp³-hybridized carbons (Fsp3) is 0.850. The average Bonchev–Trinajstić information content (AvgIpc) is 3.14. The number of piperidine rings is 1. The lowest BCUT2D eigenvalue weighted by Gasteiger charge is -2.47. The van der Waals surface area contributed by atoms with Crippen molar-refractivity contribution in [1.29, 1.82) is 0 Å². The van der Waals surface area contributed by atoms with Crippen LogP contribution in [0.3, 0.4) is 0 Å². The molecular weight excluding hydrogens is 300 g/mol. The Labute approximate surface area is 146 Å². The molecule has 0 aromatic rings. The zero-order valence-electron chi connectivity index (χ0n) is 15.1. The van der Waals surface area contributed by atoms with Gasteiger partial charge in [-0.1, -0.05) is 12.2 Å². The first-order valence-electron chi connectivity index (χ1n) is 9.91. The molecule has 4 aliphatic rings. The molecule has 2 heterocycles. The average molecular weight is 332 g/mol. The van der Waals surface area contributed by atoms with Gasteiger partial charge < -0.3 is 9.64 Å². The van der Waals surface area contributed by atoms with E-state index in [0.29, 0.717) is 17.5 Å². The molecule has 1 spiro atoms. The number of ether oxygens (including phenoxy) is 1. The summed E-state index contributed by atoms with van der Waals surface area (Å²) in [5.41, 5.74) is 0.344. The summed E-state index contributed by atoms with van der Waals surface area (Å²) in [4.78, 5) is 17.6. The van der Waals surface area contributed by atoms with Crippen molar-refractivity contribution in [2.45, 2.75) is 62.9 Å². The third kappa shape index (κ3) is 3.15. The molecule has 1 saturated carbocycles. The minimum Gasteiger partial charge on any atom is -0.383 e. The summed E-state index contributed by atoms with van der Waals surface area (Å²) in [6, 6.07) is 0.594. The zero-order chi connectivity index (χ0) is 16.6. The van der Waals surface area contributed by atoms with E-state index in [2.05, 4.69) is 22.0 Å². The Morgan fingerprint density at radius 2 is 1.83 bits per heavy atom. The van der Waals surface area contributed by atoms with Crippen LogP contribution in [0.25, 0.3) is 0 Å². The smallest absolute Gasteiger partial charge is 0.226 e. The molecule has 24 heavy (non-hydrogen) atoms.